The number of carbonyl (C=O) groups excluding carboxylic acids is 1. The highest BCUT2D eigenvalue weighted by molar-refractivity contribution is 7.91. The first kappa shape index (κ1) is 14.5. The molecule has 2 saturated heterocycles. The SMILES string of the molecule is N[C@@H]1CN(C(=O)C2CCS(=O)(=O)C2)C[C@H]1c1ccccc1. The van der Waals surface area contributed by atoms with Crippen molar-refractivity contribution >= 4 is 15.7 Å². The van der Waals surface area contributed by atoms with Crippen molar-refractivity contribution in [2.75, 3.05) is 24.6 Å². The predicted molar refractivity (Wildman–Crippen MR) is 80.5 cm³/mol. The van der Waals surface area contributed by atoms with Crippen LogP contribution < -0.4 is 5.73 Å². The van der Waals surface area contributed by atoms with Crippen LogP contribution in [0.1, 0.15) is 17.9 Å². The molecule has 5 nitrogen and oxygen atoms in total. The van der Waals surface area contributed by atoms with Gasteiger partial charge in [0.25, 0.3) is 0 Å². The third kappa shape index (κ3) is 2.96. The van der Waals surface area contributed by atoms with Crippen molar-refractivity contribution in [2.45, 2.75) is 18.4 Å². The molecule has 114 valence electrons. The first-order valence-corrected chi connectivity index (χ1v) is 9.08. The van der Waals surface area contributed by atoms with Gasteiger partial charge in [-0.05, 0) is 12.0 Å². The molecule has 2 fully saturated rings. The van der Waals surface area contributed by atoms with E-state index < -0.39 is 9.84 Å². The molecule has 2 aliphatic heterocycles. The number of carbonyl (C=O) groups is 1. The van der Waals surface area contributed by atoms with Gasteiger partial charge in [0.1, 0.15) is 0 Å². The number of hydrogen-bond donors (Lipinski definition) is 1. The third-order valence-corrected chi connectivity index (χ3v) is 6.25. The molecule has 2 heterocycles. The largest absolute Gasteiger partial charge is 0.340 e. The van der Waals surface area contributed by atoms with Crippen LogP contribution in [-0.2, 0) is 14.6 Å². The molecule has 3 atom stereocenters. The number of hydrogen-bond acceptors (Lipinski definition) is 4. The summed E-state index contributed by atoms with van der Waals surface area (Å²) in [6.45, 7) is 1.09. The maximum Gasteiger partial charge on any atom is 0.226 e. The Labute approximate surface area is 125 Å². The Morgan fingerprint density at radius 3 is 2.52 bits per heavy atom. The summed E-state index contributed by atoms with van der Waals surface area (Å²) in [6.07, 6.45) is 0.447. The first-order chi connectivity index (χ1) is 9.96. The summed E-state index contributed by atoms with van der Waals surface area (Å²) < 4.78 is 23.0. The van der Waals surface area contributed by atoms with E-state index in [2.05, 4.69) is 0 Å². The molecule has 1 unspecified atom stereocenters. The molecule has 6 heteroatoms. The van der Waals surface area contributed by atoms with Crippen LogP contribution in [0.2, 0.25) is 0 Å². The second kappa shape index (κ2) is 5.42. The Bertz CT molecular complexity index is 630. The Balaban J connectivity index is 1.70. The summed E-state index contributed by atoms with van der Waals surface area (Å²) in [6, 6.07) is 9.86. The van der Waals surface area contributed by atoms with Gasteiger partial charge in [-0.25, -0.2) is 8.42 Å². The maximum atomic E-state index is 12.5. The van der Waals surface area contributed by atoms with Crippen LogP contribution in [0.4, 0.5) is 0 Å². The van der Waals surface area contributed by atoms with Crippen LogP contribution >= 0.6 is 0 Å². The van der Waals surface area contributed by atoms with Gasteiger partial charge in [0.15, 0.2) is 9.84 Å². The Hall–Kier alpha value is -1.40. The number of nitrogens with zero attached hydrogens (tertiary/aromatic N) is 1. The van der Waals surface area contributed by atoms with Crippen molar-refractivity contribution in [1.82, 2.24) is 4.90 Å². The van der Waals surface area contributed by atoms with Crippen LogP contribution in [0, 0.1) is 5.92 Å². The van der Waals surface area contributed by atoms with Gasteiger partial charge in [-0.15, -0.1) is 0 Å². The zero-order valence-electron chi connectivity index (χ0n) is 11.8. The zero-order chi connectivity index (χ0) is 15.0. The van der Waals surface area contributed by atoms with E-state index in [1.54, 1.807) is 4.90 Å². The minimum Gasteiger partial charge on any atom is -0.340 e. The van der Waals surface area contributed by atoms with Gasteiger partial charge in [-0.1, -0.05) is 30.3 Å². The molecular formula is C15H20N2O3S. The van der Waals surface area contributed by atoms with Crippen LogP contribution in [0.15, 0.2) is 30.3 Å². The highest BCUT2D eigenvalue weighted by Crippen LogP contribution is 2.29. The van der Waals surface area contributed by atoms with Gasteiger partial charge in [0.05, 0.1) is 17.4 Å². The summed E-state index contributed by atoms with van der Waals surface area (Å²) in [5.41, 5.74) is 7.32. The van der Waals surface area contributed by atoms with Crippen molar-refractivity contribution in [3.05, 3.63) is 35.9 Å². The lowest BCUT2D eigenvalue weighted by Crippen LogP contribution is -2.36. The number of rotatable bonds is 2. The van der Waals surface area contributed by atoms with Crippen LogP contribution in [0.25, 0.3) is 0 Å². The van der Waals surface area contributed by atoms with E-state index in [1.165, 1.54) is 0 Å². The molecule has 2 aliphatic rings. The van der Waals surface area contributed by atoms with Crippen molar-refractivity contribution in [2.24, 2.45) is 11.7 Å². The van der Waals surface area contributed by atoms with E-state index in [-0.39, 0.29) is 35.3 Å². The number of likely N-dealkylation sites (tertiary alicyclic amines) is 1. The molecule has 21 heavy (non-hydrogen) atoms. The van der Waals surface area contributed by atoms with E-state index in [0.29, 0.717) is 19.5 Å². The van der Waals surface area contributed by atoms with Gasteiger partial charge in [0.2, 0.25) is 5.91 Å². The lowest BCUT2D eigenvalue weighted by Gasteiger charge is -2.19. The van der Waals surface area contributed by atoms with E-state index >= 15 is 0 Å². The zero-order valence-corrected chi connectivity index (χ0v) is 12.6. The highest BCUT2D eigenvalue weighted by Gasteiger charge is 2.40. The van der Waals surface area contributed by atoms with E-state index in [0.717, 1.165) is 5.56 Å². The second-order valence-corrected chi connectivity index (χ2v) is 8.25. The van der Waals surface area contributed by atoms with Gasteiger partial charge < -0.3 is 10.6 Å². The minimum atomic E-state index is -3.03. The molecule has 0 radical (unpaired) electrons. The quantitative estimate of drug-likeness (QED) is 0.856. The van der Waals surface area contributed by atoms with Crippen molar-refractivity contribution in [1.29, 1.82) is 0 Å². The van der Waals surface area contributed by atoms with Gasteiger partial charge in [0, 0.05) is 25.0 Å². The van der Waals surface area contributed by atoms with Crippen molar-refractivity contribution in [3.63, 3.8) is 0 Å². The highest BCUT2D eigenvalue weighted by atomic mass is 32.2. The summed E-state index contributed by atoms with van der Waals surface area (Å²) in [7, 11) is -3.03. The number of nitrogens with two attached hydrogens (primary N) is 1. The van der Waals surface area contributed by atoms with Crippen LogP contribution in [0.3, 0.4) is 0 Å². The lowest BCUT2D eigenvalue weighted by atomic mass is 9.95. The van der Waals surface area contributed by atoms with E-state index in [4.69, 9.17) is 5.73 Å². The number of amides is 1. The average Bonchev–Trinajstić information content (AvgIpc) is 3.02. The molecule has 1 aromatic rings. The molecule has 0 aromatic heterocycles. The third-order valence-electron chi connectivity index (χ3n) is 4.49. The van der Waals surface area contributed by atoms with Crippen LogP contribution in [0.5, 0.6) is 0 Å². The number of sulfone groups is 1. The fraction of sp³-hybridized carbons (Fsp3) is 0.533. The molecule has 3 rings (SSSR count). The van der Waals surface area contributed by atoms with E-state index in [9.17, 15) is 13.2 Å². The average molecular weight is 308 g/mol. The summed E-state index contributed by atoms with van der Waals surface area (Å²) in [5.74, 6) is -0.172. The molecule has 1 amide bonds. The number of benzene rings is 1. The van der Waals surface area contributed by atoms with Crippen molar-refractivity contribution < 1.29 is 13.2 Å². The minimum absolute atomic E-state index is 0.00637. The molecule has 0 saturated carbocycles. The maximum absolute atomic E-state index is 12.5. The van der Waals surface area contributed by atoms with Crippen LogP contribution in [-0.4, -0.2) is 49.9 Å². The molecular weight excluding hydrogens is 288 g/mol. The van der Waals surface area contributed by atoms with Gasteiger partial charge in [-0.2, -0.15) is 0 Å². The molecule has 0 spiro atoms. The second-order valence-electron chi connectivity index (χ2n) is 6.02. The standard InChI is InChI=1S/C15H20N2O3S/c16-14-9-17(8-13(14)11-4-2-1-3-5-11)15(18)12-6-7-21(19,20)10-12/h1-5,12-14H,6-10,16H2/t12?,13-,14+/m0/s1. The fourth-order valence-electron chi connectivity index (χ4n) is 3.31. The van der Waals surface area contributed by atoms with Crippen molar-refractivity contribution in [3.8, 4) is 0 Å². The smallest absolute Gasteiger partial charge is 0.226 e. The van der Waals surface area contributed by atoms with E-state index in [1.807, 2.05) is 30.3 Å². The normalized spacial score (nSPS) is 31.5. The molecule has 0 aliphatic carbocycles. The Morgan fingerprint density at radius 1 is 1.19 bits per heavy atom. The Morgan fingerprint density at radius 2 is 1.90 bits per heavy atom. The predicted octanol–water partition coefficient (Wildman–Crippen LogP) is 0.374. The van der Waals surface area contributed by atoms with Gasteiger partial charge in [-0.3, -0.25) is 4.79 Å². The molecule has 0 bridgehead atoms. The first-order valence-electron chi connectivity index (χ1n) is 7.26. The monoisotopic (exact) mass is 308 g/mol. The van der Waals surface area contributed by atoms with Gasteiger partial charge >= 0.3 is 0 Å². The Kier molecular flexibility index (Phi) is 3.75. The molecule has 1 aromatic carbocycles. The molecule has 2 N–H and O–H groups in total. The summed E-state index contributed by atoms with van der Waals surface area (Å²) in [5, 5.41) is 0. The fourth-order valence-corrected chi connectivity index (χ4v) is 5.04. The lowest BCUT2D eigenvalue weighted by molar-refractivity contribution is -0.133. The summed E-state index contributed by atoms with van der Waals surface area (Å²) in [4.78, 5) is 14.2. The summed E-state index contributed by atoms with van der Waals surface area (Å²) >= 11 is 0. The topological polar surface area (TPSA) is 80.5 Å².